The molecule has 0 fully saturated rings. The van der Waals surface area contributed by atoms with Gasteiger partial charge in [-0.2, -0.15) is 9.78 Å². The highest BCUT2D eigenvalue weighted by atomic mass is 16.2. The largest absolute Gasteiger partial charge is 0.310 e. The van der Waals surface area contributed by atoms with E-state index in [0.717, 1.165) is 12.0 Å². The molecule has 1 aliphatic rings. The number of hydrogen-bond donors (Lipinski definition) is 1. The van der Waals surface area contributed by atoms with Crippen LogP contribution < -0.4 is 5.32 Å². The van der Waals surface area contributed by atoms with Gasteiger partial charge in [0, 0.05) is 6.99 Å². The van der Waals surface area contributed by atoms with Crippen molar-refractivity contribution >= 4 is 17.6 Å². The van der Waals surface area contributed by atoms with E-state index >= 15 is 0 Å². The molecule has 1 unspecified atom stereocenters. The summed E-state index contributed by atoms with van der Waals surface area (Å²) >= 11 is 0. The molecule has 0 aliphatic carbocycles. The predicted molar refractivity (Wildman–Crippen MR) is 56.9 cm³/mol. The van der Waals surface area contributed by atoms with Crippen molar-refractivity contribution in [3.05, 3.63) is 11.8 Å². The summed E-state index contributed by atoms with van der Waals surface area (Å²) in [6, 6.07) is 0. The summed E-state index contributed by atoms with van der Waals surface area (Å²) in [6.07, 6.45) is 2.49. The van der Waals surface area contributed by atoms with Gasteiger partial charge in [-0.05, 0) is 12.3 Å². The Hall–Kier alpha value is -1.65. The summed E-state index contributed by atoms with van der Waals surface area (Å²) in [7, 11) is 0. The average molecular weight is 209 g/mol. The zero-order chi connectivity index (χ0) is 11.0. The zero-order valence-corrected chi connectivity index (χ0v) is 8.78. The SMILES string of the molecule is CCC(C)c1cnn2c1NC(=O)CC2=O.[HH]. The molecule has 0 aromatic carbocycles. The summed E-state index contributed by atoms with van der Waals surface area (Å²) in [4.78, 5) is 22.7. The molecule has 0 spiro atoms. The van der Waals surface area contributed by atoms with Crippen LogP contribution in [0.1, 0.15) is 44.4 Å². The Labute approximate surface area is 88.9 Å². The minimum absolute atomic E-state index is 0. The van der Waals surface area contributed by atoms with Crippen LogP contribution in [0, 0.1) is 0 Å². The lowest BCUT2D eigenvalue weighted by Crippen LogP contribution is -2.30. The molecule has 0 bridgehead atoms. The highest BCUT2D eigenvalue weighted by Gasteiger charge is 2.26. The van der Waals surface area contributed by atoms with Gasteiger partial charge >= 0.3 is 0 Å². The quantitative estimate of drug-likeness (QED) is 0.753. The van der Waals surface area contributed by atoms with Crippen molar-refractivity contribution in [1.29, 1.82) is 0 Å². The number of carbonyl (C=O) groups is 2. The molecule has 1 atom stereocenters. The summed E-state index contributed by atoms with van der Waals surface area (Å²) in [5, 5.41) is 6.69. The van der Waals surface area contributed by atoms with Gasteiger partial charge in [0.1, 0.15) is 12.2 Å². The first-order valence-electron chi connectivity index (χ1n) is 5.04. The van der Waals surface area contributed by atoms with Gasteiger partial charge < -0.3 is 5.32 Å². The smallest absolute Gasteiger partial charge is 0.258 e. The molecule has 82 valence electrons. The normalized spacial score (nSPS) is 17.2. The summed E-state index contributed by atoms with van der Waals surface area (Å²) in [5.74, 6) is 0.325. The molecular formula is C10H15N3O2. The van der Waals surface area contributed by atoms with Gasteiger partial charge in [-0.1, -0.05) is 13.8 Å². The number of amides is 1. The number of carbonyl (C=O) groups excluding carboxylic acids is 2. The Morgan fingerprint density at radius 3 is 3.07 bits per heavy atom. The average Bonchev–Trinajstić information content (AvgIpc) is 2.60. The maximum atomic E-state index is 11.5. The number of anilines is 1. The number of rotatable bonds is 2. The van der Waals surface area contributed by atoms with Crippen LogP contribution in [0.5, 0.6) is 0 Å². The molecule has 2 heterocycles. The maximum Gasteiger partial charge on any atom is 0.258 e. The van der Waals surface area contributed by atoms with Gasteiger partial charge in [-0.25, -0.2) is 0 Å². The lowest BCUT2D eigenvalue weighted by molar-refractivity contribution is -0.115. The Morgan fingerprint density at radius 1 is 1.67 bits per heavy atom. The first kappa shape index (κ1) is 9.89. The molecule has 2 rings (SSSR count). The molecule has 1 amide bonds. The fraction of sp³-hybridized carbons (Fsp3) is 0.500. The molecule has 0 saturated carbocycles. The molecule has 5 heteroatoms. The van der Waals surface area contributed by atoms with Crippen LogP contribution in [0.4, 0.5) is 5.82 Å². The maximum absolute atomic E-state index is 11.5. The fourth-order valence-corrected chi connectivity index (χ4v) is 1.64. The minimum Gasteiger partial charge on any atom is -0.310 e. The van der Waals surface area contributed by atoms with E-state index in [1.165, 1.54) is 4.68 Å². The monoisotopic (exact) mass is 209 g/mol. The standard InChI is InChI=1S/C10H13N3O2.H2/c1-3-6(2)7-5-11-13-9(15)4-8(14)12-10(7)13;/h5-6H,3-4H2,1-2H3,(H,12,14);1H. The summed E-state index contributed by atoms with van der Waals surface area (Å²) in [6.45, 7) is 4.10. The van der Waals surface area contributed by atoms with Crippen LogP contribution in [-0.4, -0.2) is 21.6 Å². The Balaban J connectivity index is 0.00000128. The first-order chi connectivity index (χ1) is 7.13. The molecule has 15 heavy (non-hydrogen) atoms. The van der Waals surface area contributed by atoms with E-state index < -0.39 is 0 Å². The van der Waals surface area contributed by atoms with Crippen molar-refractivity contribution in [2.24, 2.45) is 0 Å². The second kappa shape index (κ2) is 3.49. The van der Waals surface area contributed by atoms with Crippen LogP contribution in [0.2, 0.25) is 0 Å². The van der Waals surface area contributed by atoms with Crippen LogP contribution in [-0.2, 0) is 4.79 Å². The molecule has 0 radical (unpaired) electrons. The predicted octanol–water partition coefficient (Wildman–Crippen LogP) is 1.62. The molecule has 0 saturated heterocycles. The van der Waals surface area contributed by atoms with E-state index in [9.17, 15) is 9.59 Å². The molecule has 1 aromatic rings. The Kier molecular flexibility index (Phi) is 2.30. The summed E-state index contributed by atoms with van der Waals surface area (Å²) < 4.78 is 1.28. The van der Waals surface area contributed by atoms with Gasteiger partial charge in [0.05, 0.1) is 6.20 Å². The highest BCUT2D eigenvalue weighted by molar-refractivity contribution is 6.09. The van der Waals surface area contributed by atoms with Crippen LogP contribution >= 0.6 is 0 Å². The summed E-state index contributed by atoms with van der Waals surface area (Å²) in [5.41, 5.74) is 0.930. The Morgan fingerprint density at radius 2 is 2.40 bits per heavy atom. The highest BCUT2D eigenvalue weighted by Crippen LogP contribution is 2.28. The third-order valence-electron chi connectivity index (χ3n) is 2.75. The van der Waals surface area contributed by atoms with E-state index in [2.05, 4.69) is 17.3 Å². The zero-order valence-electron chi connectivity index (χ0n) is 8.78. The van der Waals surface area contributed by atoms with Crippen molar-refractivity contribution in [2.75, 3.05) is 5.32 Å². The first-order valence-corrected chi connectivity index (χ1v) is 5.04. The number of fused-ring (bicyclic) bond motifs is 1. The lowest BCUT2D eigenvalue weighted by atomic mass is 10.0. The number of nitrogens with one attached hydrogen (secondary N) is 1. The van der Waals surface area contributed by atoms with E-state index in [1.54, 1.807) is 6.20 Å². The van der Waals surface area contributed by atoms with Crippen LogP contribution in [0.25, 0.3) is 0 Å². The second-order valence-corrected chi connectivity index (χ2v) is 3.79. The van der Waals surface area contributed by atoms with Gasteiger partial charge in [0.2, 0.25) is 5.91 Å². The van der Waals surface area contributed by atoms with Crippen molar-refractivity contribution in [3.8, 4) is 0 Å². The third kappa shape index (κ3) is 1.54. The third-order valence-corrected chi connectivity index (χ3v) is 2.75. The van der Waals surface area contributed by atoms with Crippen molar-refractivity contribution in [2.45, 2.75) is 32.6 Å². The van der Waals surface area contributed by atoms with Crippen LogP contribution in [0.15, 0.2) is 6.20 Å². The van der Waals surface area contributed by atoms with E-state index in [4.69, 9.17) is 0 Å². The second-order valence-electron chi connectivity index (χ2n) is 3.79. The minimum atomic E-state index is -0.261. The van der Waals surface area contributed by atoms with Crippen molar-refractivity contribution < 1.29 is 11.0 Å². The Bertz CT molecular complexity index is 428. The number of nitrogens with zero attached hydrogens (tertiary/aromatic N) is 2. The molecule has 1 aromatic heterocycles. The van der Waals surface area contributed by atoms with Gasteiger partial charge in [-0.3, -0.25) is 9.59 Å². The van der Waals surface area contributed by atoms with Crippen molar-refractivity contribution in [1.82, 2.24) is 9.78 Å². The number of hydrogen-bond acceptors (Lipinski definition) is 3. The molecule has 5 nitrogen and oxygen atoms in total. The van der Waals surface area contributed by atoms with E-state index in [1.807, 2.05) is 6.92 Å². The number of aromatic nitrogens is 2. The van der Waals surface area contributed by atoms with Crippen LogP contribution in [0.3, 0.4) is 0 Å². The van der Waals surface area contributed by atoms with E-state index in [-0.39, 0.29) is 19.7 Å². The van der Waals surface area contributed by atoms with Gasteiger partial charge in [-0.15, -0.1) is 0 Å². The van der Waals surface area contributed by atoms with Gasteiger partial charge in [0.25, 0.3) is 5.91 Å². The van der Waals surface area contributed by atoms with Crippen molar-refractivity contribution in [3.63, 3.8) is 0 Å². The molecular weight excluding hydrogens is 194 g/mol. The fourth-order valence-electron chi connectivity index (χ4n) is 1.64. The topological polar surface area (TPSA) is 64.0 Å². The lowest BCUT2D eigenvalue weighted by Gasteiger charge is -2.16. The molecule has 1 N–H and O–H groups in total. The van der Waals surface area contributed by atoms with E-state index in [0.29, 0.717) is 11.7 Å². The molecule has 1 aliphatic heterocycles. The van der Waals surface area contributed by atoms with Gasteiger partial charge in [0.15, 0.2) is 0 Å².